The van der Waals surface area contributed by atoms with Crippen LogP contribution < -0.4 is 10.6 Å². The first-order valence-electron chi connectivity index (χ1n) is 6.39. The van der Waals surface area contributed by atoms with Gasteiger partial charge in [-0.25, -0.2) is 9.18 Å². The third-order valence-corrected chi connectivity index (χ3v) is 2.74. The maximum absolute atomic E-state index is 12.7. The van der Waals surface area contributed by atoms with E-state index in [4.69, 9.17) is 0 Å². The highest BCUT2D eigenvalue weighted by Crippen LogP contribution is 2.06. The van der Waals surface area contributed by atoms with Crippen molar-refractivity contribution in [3.05, 3.63) is 60.2 Å². The van der Waals surface area contributed by atoms with E-state index >= 15 is 0 Å². The van der Waals surface area contributed by atoms with Crippen molar-refractivity contribution < 1.29 is 14.0 Å². The van der Waals surface area contributed by atoms with Gasteiger partial charge in [-0.2, -0.15) is 0 Å². The Labute approximate surface area is 121 Å². The molecule has 2 amide bonds. The normalized spacial score (nSPS) is 9.95. The fourth-order valence-corrected chi connectivity index (χ4v) is 1.68. The number of hydrogen-bond acceptors (Lipinski definition) is 3. The second-order valence-corrected chi connectivity index (χ2v) is 4.30. The minimum absolute atomic E-state index is 0.148. The minimum atomic E-state index is -0.395. The molecule has 5 nitrogen and oxygen atoms in total. The Morgan fingerprint density at radius 3 is 2.38 bits per heavy atom. The van der Waals surface area contributed by atoms with Gasteiger partial charge in [0.25, 0.3) is 0 Å². The fraction of sp³-hybridized carbons (Fsp3) is 0.133. The molecule has 0 aliphatic carbocycles. The van der Waals surface area contributed by atoms with Crippen LogP contribution in [0.25, 0.3) is 0 Å². The van der Waals surface area contributed by atoms with Gasteiger partial charge in [-0.15, -0.1) is 0 Å². The first-order chi connectivity index (χ1) is 10.1. The number of nitrogens with zero attached hydrogens (tertiary/aromatic N) is 1. The number of amides is 2. The number of nitrogens with one attached hydrogen (secondary N) is 2. The van der Waals surface area contributed by atoms with Gasteiger partial charge in [0.05, 0.1) is 0 Å². The number of ketones is 1. The molecule has 21 heavy (non-hydrogen) atoms. The lowest BCUT2D eigenvalue weighted by molar-refractivity contribution is 0.0983. The lowest BCUT2D eigenvalue weighted by Crippen LogP contribution is -2.30. The van der Waals surface area contributed by atoms with E-state index in [9.17, 15) is 14.0 Å². The van der Waals surface area contributed by atoms with Crippen molar-refractivity contribution in [2.45, 2.75) is 6.42 Å². The van der Waals surface area contributed by atoms with Crippen molar-refractivity contribution >= 4 is 17.5 Å². The number of rotatable bonds is 5. The van der Waals surface area contributed by atoms with Crippen LogP contribution in [-0.4, -0.2) is 23.3 Å². The highest BCUT2D eigenvalue weighted by Gasteiger charge is 2.07. The maximum Gasteiger partial charge on any atom is 0.319 e. The molecule has 6 heteroatoms. The van der Waals surface area contributed by atoms with Gasteiger partial charge in [0, 0.05) is 36.6 Å². The molecule has 0 fully saturated rings. The molecule has 0 saturated heterocycles. The number of aromatic nitrogens is 1. The number of halogens is 1. The lowest BCUT2D eigenvalue weighted by atomic mass is 10.1. The van der Waals surface area contributed by atoms with Crippen molar-refractivity contribution in [1.82, 2.24) is 10.3 Å². The van der Waals surface area contributed by atoms with Crippen LogP contribution in [0.3, 0.4) is 0 Å². The molecule has 0 bridgehead atoms. The van der Waals surface area contributed by atoms with Crippen LogP contribution in [-0.2, 0) is 0 Å². The Bertz CT molecular complexity index is 615. The summed E-state index contributed by atoms with van der Waals surface area (Å²) in [4.78, 5) is 27.2. The Balaban J connectivity index is 1.75. The zero-order valence-corrected chi connectivity index (χ0v) is 11.2. The number of carbonyl (C=O) groups is 2. The molecular formula is C15H14FN3O2. The molecule has 108 valence electrons. The van der Waals surface area contributed by atoms with Crippen LogP contribution in [0.4, 0.5) is 14.9 Å². The summed E-state index contributed by atoms with van der Waals surface area (Å²) in [7, 11) is 0. The van der Waals surface area contributed by atoms with Crippen LogP contribution in [0, 0.1) is 5.82 Å². The number of hydrogen-bond donors (Lipinski definition) is 2. The molecule has 1 heterocycles. The average molecular weight is 287 g/mol. The zero-order valence-electron chi connectivity index (χ0n) is 11.2. The van der Waals surface area contributed by atoms with E-state index in [1.54, 1.807) is 24.5 Å². The van der Waals surface area contributed by atoms with E-state index in [1.807, 2.05) is 0 Å². The Kier molecular flexibility index (Phi) is 4.98. The quantitative estimate of drug-likeness (QED) is 0.830. The van der Waals surface area contributed by atoms with Gasteiger partial charge in [0.15, 0.2) is 5.78 Å². The van der Waals surface area contributed by atoms with E-state index < -0.39 is 6.03 Å². The number of urea groups is 1. The predicted molar refractivity (Wildman–Crippen MR) is 76.6 cm³/mol. The molecule has 1 aromatic heterocycles. The zero-order chi connectivity index (χ0) is 15.1. The van der Waals surface area contributed by atoms with Gasteiger partial charge >= 0.3 is 6.03 Å². The number of anilines is 1. The van der Waals surface area contributed by atoms with Gasteiger partial charge < -0.3 is 10.6 Å². The summed E-state index contributed by atoms with van der Waals surface area (Å²) in [5.74, 6) is -0.541. The summed E-state index contributed by atoms with van der Waals surface area (Å²) in [6.07, 6.45) is 3.27. The molecule has 0 radical (unpaired) electrons. The minimum Gasteiger partial charge on any atom is -0.337 e. The van der Waals surface area contributed by atoms with E-state index in [2.05, 4.69) is 15.6 Å². The van der Waals surface area contributed by atoms with Crippen LogP contribution in [0.2, 0.25) is 0 Å². The fourth-order valence-electron chi connectivity index (χ4n) is 1.68. The van der Waals surface area contributed by atoms with Gasteiger partial charge in [-0.05, 0) is 36.4 Å². The van der Waals surface area contributed by atoms with E-state index in [-0.39, 0.29) is 24.6 Å². The van der Waals surface area contributed by atoms with Gasteiger partial charge in [-0.3, -0.25) is 9.78 Å². The van der Waals surface area contributed by atoms with Crippen molar-refractivity contribution in [3.8, 4) is 0 Å². The summed E-state index contributed by atoms with van der Waals surface area (Å²) in [5, 5.41) is 5.19. The molecule has 1 aromatic carbocycles. The highest BCUT2D eigenvalue weighted by atomic mass is 19.1. The summed E-state index contributed by atoms with van der Waals surface area (Å²) < 4.78 is 12.7. The molecule has 0 unspecified atom stereocenters. The summed E-state index contributed by atoms with van der Waals surface area (Å²) in [6, 6.07) is 8.23. The second kappa shape index (κ2) is 7.14. The van der Waals surface area contributed by atoms with Crippen LogP contribution in [0.15, 0.2) is 48.8 Å². The van der Waals surface area contributed by atoms with Crippen LogP contribution >= 0.6 is 0 Å². The molecule has 2 aromatic rings. The SMILES string of the molecule is O=C(NCCC(=O)c1ccc(F)cc1)Nc1ccncc1. The highest BCUT2D eigenvalue weighted by molar-refractivity contribution is 5.96. The van der Waals surface area contributed by atoms with Crippen molar-refractivity contribution in [3.63, 3.8) is 0 Å². The van der Waals surface area contributed by atoms with Gasteiger partial charge in [0.2, 0.25) is 0 Å². The van der Waals surface area contributed by atoms with Gasteiger partial charge in [0.1, 0.15) is 5.82 Å². The second-order valence-electron chi connectivity index (χ2n) is 4.30. The molecule has 0 saturated carbocycles. The topological polar surface area (TPSA) is 71.1 Å². The Morgan fingerprint density at radius 2 is 1.71 bits per heavy atom. The molecule has 0 atom stereocenters. The van der Waals surface area contributed by atoms with Crippen LogP contribution in [0.5, 0.6) is 0 Å². The number of benzene rings is 1. The third kappa shape index (κ3) is 4.68. The number of Topliss-reactive ketones (excluding diaryl/α,β-unsaturated/α-hetero) is 1. The summed E-state index contributed by atoms with van der Waals surface area (Å²) in [6.45, 7) is 0.202. The largest absolute Gasteiger partial charge is 0.337 e. The lowest BCUT2D eigenvalue weighted by Gasteiger charge is -2.07. The van der Waals surface area contributed by atoms with E-state index in [0.29, 0.717) is 11.3 Å². The summed E-state index contributed by atoms with van der Waals surface area (Å²) in [5.41, 5.74) is 1.04. The number of pyridine rings is 1. The molecule has 2 rings (SSSR count). The first-order valence-corrected chi connectivity index (χ1v) is 6.39. The van der Waals surface area contributed by atoms with Gasteiger partial charge in [-0.1, -0.05) is 0 Å². The maximum atomic E-state index is 12.7. The van der Waals surface area contributed by atoms with Crippen molar-refractivity contribution in [2.75, 3.05) is 11.9 Å². The average Bonchev–Trinajstić information content (AvgIpc) is 2.49. The predicted octanol–water partition coefficient (Wildman–Crippen LogP) is 2.62. The smallest absolute Gasteiger partial charge is 0.319 e. The van der Waals surface area contributed by atoms with Crippen molar-refractivity contribution in [2.24, 2.45) is 0 Å². The molecule has 0 aliphatic rings. The molecule has 0 aliphatic heterocycles. The molecule has 0 spiro atoms. The van der Waals surface area contributed by atoms with E-state index in [1.165, 1.54) is 24.3 Å². The summed E-state index contributed by atoms with van der Waals surface area (Å²) >= 11 is 0. The van der Waals surface area contributed by atoms with Crippen LogP contribution in [0.1, 0.15) is 16.8 Å². The molecular weight excluding hydrogens is 273 g/mol. The Hall–Kier alpha value is -2.76. The Morgan fingerprint density at radius 1 is 1.05 bits per heavy atom. The molecule has 2 N–H and O–H groups in total. The van der Waals surface area contributed by atoms with Crippen molar-refractivity contribution in [1.29, 1.82) is 0 Å². The third-order valence-electron chi connectivity index (χ3n) is 2.74. The van der Waals surface area contributed by atoms with E-state index in [0.717, 1.165) is 0 Å². The first kappa shape index (κ1) is 14.6. The monoisotopic (exact) mass is 287 g/mol. The standard InChI is InChI=1S/C15H14FN3O2/c16-12-3-1-11(2-4-12)14(20)7-10-18-15(21)19-13-5-8-17-9-6-13/h1-6,8-9H,7,10H2,(H2,17,18,19,21). The number of carbonyl (C=O) groups excluding carboxylic acids is 2.